The summed E-state index contributed by atoms with van der Waals surface area (Å²) < 4.78 is 48.0. The smallest absolute Gasteiger partial charge is 0.328 e. The third-order valence-electron chi connectivity index (χ3n) is 4.81. The molecule has 0 radical (unpaired) electrons. The standard InChI is InChI=1S/C18H20N2O8S/c1-29(23,24)28-15-12(20-8-7-14(21)19-18(20)22)9-25-13-10-26-17(27-16(13)15)11-5-3-2-4-6-11/h2-8,12-13,15-17H,9-10H2,1H3,(H,19,21,22). The van der Waals surface area contributed by atoms with Gasteiger partial charge in [0.15, 0.2) is 6.29 Å². The molecule has 0 amide bonds. The van der Waals surface area contributed by atoms with Crippen LogP contribution in [0.1, 0.15) is 17.9 Å². The van der Waals surface area contributed by atoms with E-state index >= 15 is 0 Å². The topological polar surface area (TPSA) is 126 Å². The van der Waals surface area contributed by atoms with Gasteiger partial charge in [0, 0.05) is 17.8 Å². The van der Waals surface area contributed by atoms with Gasteiger partial charge in [0.2, 0.25) is 0 Å². The summed E-state index contributed by atoms with van der Waals surface area (Å²) in [6.07, 6.45) is -0.974. The molecule has 5 unspecified atom stereocenters. The molecule has 29 heavy (non-hydrogen) atoms. The van der Waals surface area contributed by atoms with Crippen molar-refractivity contribution >= 4 is 10.1 Å². The Morgan fingerprint density at radius 1 is 1.10 bits per heavy atom. The van der Waals surface area contributed by atoms with E-state index in [1.807, 2.05) is 30.3 Å². The van der Waals surface area contributed by atoms with Crippen LogP contribution in [0.15, 0.2) is 52.2 Å². The molecule has 1 aromatic carbocycles. The Labute approximate surface area is 166 Å². The first-order chi connectivity index (χ1) is 13.8. The van der Waals surface area contributed by atoms with E-state index in [-0.39, 0.29) is 13.2 Å². The van der Waals surface area contributed by atoms with E-state index < -0.39 is 52.0 Å². The molecule has 5 atom stereocenters. The molecule has 0 spiro atoms. The molecule has 3 heterocycles. The van der Waals surface area contributed by atoms with Gasteiger partial charge in [-0.15, -0.1) is 0 Å². The minimum atomic E-state index is -3.88. The molecule has 1 N–H and O–H groups in total. The number of rotatable bonds is 4. The van der Waals surface area contributed by atoms with Crippen LogP contribution in [0.5, 0.6) is 0 Å². The highest BCUT2D eigenvalue weighted by molar-refractivity contribution is 7.86. The van der Waals surface area contributed by atoms with E-state index in [0.29, 0.717) is 0 Å². The zero-order valence-corrected chi connectivity index (χ0v) is 16.3. The molecule has 156 valence electrons. The first-order valence-corrected chi connectivity index (χ1v) is 10.8. The van der Waals surface area contributed by atoms with Crippen LogP contribution in [0.3, 0.4) is 0 Å². The van der Waals surface area contributed by atoms with Gasteiger partial charge in [0.25, 0.3) is 15.7 Å². The molecular formula is C18H20N2O8S. The van der Waals surface area contributed by atoms with Gasteiger partial charge < -0.3 is 14.2 Å². The second kappa shape index (κ2) is 7.84. The Balaban J connectivity index is 1.69. The summed E-state index contributed by atoms with van der Waals surface area (Å²) in [4.78, 5) is 25.8. The molecule has 2 saturated heterocycles. The Morgan fingerprint density at radius 2 is 1.86 bits per heavy atom. The molecule has 11 heteroatoms. The number of fused-ring (bicyclic) bond motifs is 1. The quantitative estimate of drug-likeness (QED) is 0.677. The van der Waals surface area contributed by atoms with Crippen molar-refractivity contribution in [3.8, 4) is 0 Å². The van der Waals surface area contributed by atoms with Crippen molar-refractivity contribution in [2.45, 2.75) is 30.6 Å². The summed E-state index contributed by atoms with van der Waals surface area (Å²) in [6, 6.07) is 9.51. The van der Waals surface area contributed by atoms with Gasteiger partial charge in [0.1, 0.15) is 18.3 Å². The van der Waals surface area contributed by atoms with Crippen molar-refractivity contribution in [2.75, 3.05) is 19.5 Å². The SMILES string of the molecule is CS(=O)(=O)OC1C2OC(c3ccccc3)OCC2OCC1n1ccc(=O)[nH]c1=O. The van der Waals surface area contributed by atoms with E-state index in [4.69, 9.17) is 18.4 Å². The van der Waals surface area contributed by atoms with E-state index in [9.17, 15) is 18.0 Å². The largest absolute Gasteiger partial charge is 0.371 e. The average molecular weight is 424 g/mol. The number of aromatic amines is 1. The summed E-state index contributed by atoms with van der Waals surface area (Å²) in [5, 5.41) is 0. The van der Waals surface area contributed by atoms with E-state index in [1.54, 1.807) is 0 Å². The van der Waals surface area contributed by atoms with Crippen molar-refractivity contribution in [2.24, 2.45) is 0 Å². The van der Waals surface area contributed by atoms with Gasteiger partial charge in [-0.05, 0) is 0 Å². The lowest BCUT2D eigenvalue weighted by molar-refractivity contribution is -0.303. The molecule has 4 rings (SSSR count). The molecule has 10 nitrogen and oxygen atoms in total. The summed E-state index contributed by atoms with van der Waals surface area (Å²) in [5.41, 5.74) is -0.501. The van der Waals surface area contributed by atoms with Crippen molar-refractivity contribution < 1.29 is 26.8 Å². The average Bonchev–Trinajstić information content (AvgIpc) is 2.68. The number of ether oxygens (including phenoxy) is 3. The molecule has 0 saturated carbocycles. The van der Waals surface area contributed by atoms with Crippen LogP contribution in [-0.2, 0) is 28.5 Å². The predicted molar refractivity (Wildman–Crippen MR) is 99.8 cm³/mol. The molecule has 1 aromatic heterocycles. The van der Waals surface area contributed by atoms with Crippen LogP contribution in [0.4, 0.5) is 0 Å². The third-order valence-corrected chi connectivity index (χ3v) is 5.38. The fourth-order valence-electron chi connectivity index (χ4n) is 3.55. The number of aromatic nitrogens is 2. The highest BCUT2D eigenvalue weighted by atomic mass is 32.2. The predicted octanol–water partition coefficient (Wildman–Crippen LogP) is -0.0645. The summed E-state index contributed by atoms with van der Waals surface area (Å²) >= 11 is 0. The number of hydrogen-bond acceptors (Lipinski definition) is 8. The molecule has 2 aliphatic heterocycles. The van der Waals surface area contributed by atoms with Gasteiger partial charge in [-0.2, -0.15) is 8.42 Å². The van der Waals surface area contributed by atoms with Gasteiger partial charge in [0.05, 0.1) is 25.5 Å². The van der Waals surface area contributed by atoms with Crippen LogP contribution in [-0.4, -0.2) is 55.8 Å². The zero-order valence-electron chi connectivity index (χ0n) is 15.5. The van der Waals surface area contributed by atoms with Crippen molar-refractivity contribution in [3.05, 3.63) is 69.0 Å². The van der Waals surface area contributed by atoms with Crippen LogP contribution >= 0.6 is 0 Å². The maximum Gasteiger partial charge on any atom is 0.328 e. The molecule has 0 aliphatic carbocycles. The van der Waals surface area contributed by atoms with Crippen LogP contribution in [0.2, 0.25) is 0 Å². The Bertz CT molecular complexity index is 1080. The lowest BCUT2D eigenvalue weighted by atomic mass is 9.97. The monoisotopic (exact) mass is 424 g/mol. The van der Waals surface area contributed by atoms with Crippen LogP contribution in [0, 0.1) is 0 Å². The number of nitrogens with one attached hydrogen (secondary N) is 1. The van der Waals surface area contributed by atoms with E-state index in [2.05, 4.69) is 4.98 Å². The second-order valence-corrected chi connectivity index (χ2v) is 8.50. The number of hydrogen-bond donors (Lipinski definition) is 1. The Kier molecular flexibility index (Phi) is 5.40. The highest BCUT2D eigenvalue weighted by Crippen LogP contribution is 2.36. The molecule has 2 aliphatic rings. The number of H-pyrrole nitrogens is 1. The normalized spacial score (nSPS) is 29.9. The van der Waals surface area contributed by atoms with Gasteiger partial charge in [-0.1, -0.05) is 30.3 Å². The maximum atomic E-state index is 12.3. The Morgan fingerprint density at radius 3 is 2.55 bits per heavy atom. The zero-order chi connectivity index (χ0) is 20.6. The van der Waals surface area contributed by atoms with Crippen molar-refractivity contribution in [1.82, 2.24) is 9.55 Å². The third kappa shape index (κ3) is 4.33. The fraction of sp³-hybridized carbons (Fsp3) is 0.444. The van der Waals surface area contributed by atoms with E-state index in [1.165, 1.54) is 16.8 Å². The molecule has 2 fully saturated rings. The summed E-state index contributed by atoms with van der Waals surface area (Å²) in [7, 11) is -3.88. The van der Waals surface area contributed by atoms with Crippen LogP contribution < -0.4 is 11.2 Å². The second-order valence-electron chi connectivity index (χ2n) is 6.90. The lowest BCUT2D eigenvalue weighted by Gasteiger charge is -2.46. The lowest BCUT2D eigenvalue weighted by Crippen LogP contribution is -2.58. The number of nitrogens with zero attached hydrogens (tertiary/aromatic N) is 1. The molecule has 0 bridgehead atoms. The van der Waals surface area contributed by atoms with Crippen LogP contribution in [0.25, 0.3) is 0 Å². The summed E-state index contributed by atoms with van der Waals surface area (Å²) in [6.45, 7) is 0.150. The minimum Gasteiger partial charge on any atom is -0.371 e. The maximum absolute atomic E-state index is 12.3. The van der Waals surface area contributed by atoms with E-state index in [0.717, 1.165) is 11.8 Å². The van der Waals surface area contributed by atoms with Gasteiger partial charge in [-0.3, -0.25) is 18.5 Å². The molecule has 2 aromatic rings. The van der Waals surface area contributed by atoms with Crippen molar-refractivity contribution in [3.63, 3.8) is 0 Å². The molecular weight excluding hydrogens is 404 g/mol. The summed E-state index contributed by atoms with van der Waals surface area (Å²) in [5.74, 6) is 0. The van der Waals surface area contributed by atoms with Crippen molar-refractivity contribution in [1.29, 1.82) is 0 Å². The first-order valence-electron chi connectivity index (χ1n) is 8.95. The number of benzene rings is 1. The van der Waals surface area contributed by atoms with Gasteiger partial charge >= 0.3 is 5.69 Å². The first kappa shape index (κ1) is 20.0. The van der Waals surface area contributed by atoms with Gasteiger partial charge in [-0.25, -0.2) is 4.79 Å². The Hall–Kier alpha value is -2.31. The highest BCUT2D eigenvalue weighted by Gasteiger charge is 2.48. The fourth-order valence-corrected chi connectivity index (χ4v) is 4.19. The minimum absolute atomic E-state index is 0.0178.